The summed E-state index contributed by atoms with van der Waals surface area (Å²) >= 11 is 0. The molecule has 1 aliphatic rings. The molecule has 33 heavy (non-hydrogen) atoms. The van der Waals surface area contributed by atoms with Crippen LogP contribution in [0.4, 0.5) is 4.79 Å². The predicted octanol–water partition coefficient (Wildman–Crippen LogP) is 4.02. The van der Waals surface area contributed by atoms with E-state index in [9.17, 15) is 14.4 Å². The van der Waals surface area contributed by atoms with Crippen LogP contribution in [0.15, 0.2) is 48.5 Å². The zero-order valence-corrected chi connectivity index (χ0v) is 19.3. The first-order chi connectivity index (χ1) is 15.8. The van der Waals surface area contributed by atoms with Crippen LogP contribution in [0.1, 0.15) is 44.2 Å². The van der Waals surface area contributed by atoms with Gasteiger partial charge in [-0.2, -0.15) is 0 Å². The second-order valence-corrected chi connectivity index (χ2v) is 8.95. The number of hydrogen-bond acceptors (Lipinski definition) is 4. The van der Waals surface area contributed by atoms with Crippen molar-refractivity contribution >= 4 is 18.0 Å². The van der Waals surface area contributed by atoms with E-state index in [1.807, 2.05) is 38.1 Å². The van der Waals surface area contributed by atoms with Crippen LogP contribution in [0, 0.1) is 17.8 Å². The van der Waals surface area contributed by atoms with Gasteiger partial charge in [0, 0.05) is 19.0 Å². The highest BCUT2D eigenvalue weighted by atomic mass is 16.5. The number of aliphatic carboxylic acids is 1. The number of carboxylic acid groups (broad SMARTS) is 1. The molecule has 0 aliphatic heterocycles. The first-order valence-corrected chi connectivity index (χ1v) is 11.4. The van der Waals surface area contributed by atoms with Crippen molar-refractivity contribution in [1.82, 2.24) is 10.6 Å². The SMILES string of the molecule is CC(CNC(=O)OCC1c2ccccc2-c2ccccc21)C(=O)NCC(CC(=O)O)C(C)C. The fourth-order valence-corrected chi connectivity index (χ4v) is 4.15. The number of rotatable bonds is 10. The van der Waals surface area contributed by atoms with Gasteiger partial charge in [-0.15, -0.1) is 0 Å². The highest BCUT2D eigenvalue weighted by Gasteiger charge is 2.29. The molecule has 3 rings (SSSR count). The largest absolute Gasteiger partial charge is 0.481 e. The minimum absolute atomic E-state index is 0.00429. The minimum atomic E-state index is -0.882. The standard InChI is InChI=1S/C26H32N2O5/c1-16(2)18(12-24(29)30)14-27-25(31)17(3)13-28-26(32)33-15-23-21-10-6-4-8-19(21)20-9-5-7-11-22(20)23/h4-11,16-18,23H,12-15H2,1-3H3,(H,27,31)(H,28,32)(H,29,30). The minimum Gasteiger partial charge on any atom is -0.481 e. The third-order valence-corrected chi connectivity index (χ3v) is 6.26. The molecule has 2 atom stereocenters. The van der Waals surface area contributed by atoms with Crippen molar-refractivity contribution in [3.8, 4) is 11.1 Å². The molecular formula is C26H32N2O5. The molecule has 2 aromatic rings. The Morgan fingerprint density at radius 3 is 2.03 bits per heavy atom. The van der Waals surface area contributed by atoms with Crippen LogP contribution >= 0.6 is 0 Å². The summed E-state index contributed by atoms with van der Waals surface area (Å²) in [6, 6.07) is 16.2. The summed E-state index contributed by atoms with van der Waals surface area (Å²) in [5, 5.41) is 14.5. The van der Waals surface area contributed by atoms with Gasteiger partial charge in [0.2, 0.25) is 5.91 Å². The smallest absolute Gasteiger partial charge is 0.407 e. The molecule has 0 heterocycles. The lowest BCUT2D eigenvalue weighted by atomic mass is 9.92. The van der Waals surface area contributed by atoms with Crippen molar-refractivity contribution < 1.29 is 24.2 Å². The van der Waals surface area contributed by atoms with Crippen molar-refractivity contribution in [3.05, 3.63) is 59.7 Å². The Kier molecular flexibility index (Phi) is 8.09. The molecule has 7 nitrogen and oxygen atoms in total. The number of amides is 2. The van der Waals surface area contributed by atoms with E-state index < -0.39 is 18.0 Å². The molecule has 3 N–H and O–H groups in total. The Labute approximate surface area is 194 Å². The number of benzene rings is 2. The van der Waals surface area contributed by atoms with Crippen LogP contribution in [-0.4, -0.2) is 42.8 Å². The number of alkyl carbamates (subject to hydrolysis) is 1. The van der Waals surface area contributed by atoms with E-state index in [2.05, 4.69) is 34.9 Å². The summed E-state index contributed by atoms with van der Waals surface area (Å²) in [4.78, 5) is 35.6. The molecule has 0 aromatic heterocycles. The van der Waals surface area contributed by atoms with Gasteiger partial charge in [-0.3, -0.25) is 9.59 Å². The third-order valence-electron chi connectivity index (χ3n) is 6.26. The quantitative estimate of drug-likeness (QED) is 0.505. The Bertz CT molecular complexity index is 958. The molecule has 0 saturated carbocycles. The highest BCUT2D eigenvalue weighted by Crippen LogP contribution is 2.44. The maximum Gasteiger partial charge on any atom is 0.407 e. The molecule has 176 valence electrons. The van der Waals surface area contributed by atoms with Gasteiger partial charge in [0.1, 0.15) is 6.61 Å². The number of carbonyl (C=O) groups is 3. The Morgan fingerprint density at radius 2 is 1.48 bits per heavy atom. The Morgan fingerprint density at radius 1 is 0.909 bits per heavy atom. The second kappa shape index (κ2) is 11.0. The van der Waals surface area contributed by atoms with Crippen LogP contribution in [0.5, 0.6) is 0 Å². The summed E-state index contributed by atoms with van der Waals surface area (Å²) in [5.74, 6) is -1.61. The van der Waals surface area contributed by atoms with E-state index in [-0.39, 0.29) is 49.8 Å². The van der Waals surface area contributed by atoms with E-state index in [1.54, 1.807) is 6.92 Å². The first-order valence-electron chi connectivity index (χ1n) is 11.4. The van der Waals surface area contributed by atoms with E-state index in [4.69, 9.17) is 9.84 Å². The average Bonchev–Trinajstić information content (AvgIpc) is 3.12. The lowest BCUT2D eigenvalue weighted by molar-refractivity contribution is -0.138. The molecule has 0 bridgehead atoms. The topological polar surface area (TPSA) is 105 Å². The van der Waals surface area contributed by atoms with Crippen molar-refractivity contribution in [2.45, 2.75) is 33.1 Å². The highest BCUT2D eigenvalue weighted by molar-refractivity contribution is 5.80. The summed E-state index contributed by atoms with van der Waals surface area (Å²) in [7, 11) is 0. The molecular weight excluding hydrogens is 420 g/mol. The molecule has 0 fully saturated rings. The van der Waals surface area contributed by atoms with Crippen LogP contribution in [-0.2, 0) is 14.3 Å². The summed E-state index contributed by atoms with van der Waals surface area (Å²) in [6.07, 6.45) is -0.563. The Balaban J connectivity index is 1.47. The summed E-state index contributed by atoms with van der Waals surface area (Å²) in [6.45, 7) is 6.21. The van der Waals surface area contributed by atoms with Crippen LogP contribution in [0.2, 0.25) is 0 Å². The second-order valence-electron chi connectivity index (χ2n) is 8.95. The fraction of sp³-hybridized carbons (Fsp3) is 0.423. The maximum absolute atomic E-state index is 12.4. The van der Waals surface area contributed by atoms with Gasteiger partial charge in [0.15, 0.2) is 0 Å². The van der Waals surface area contributed by atoms with Gasteiger partial charge in [-0.05, 0) is 34.1 Å². The lowest BCUT2D eigenvalue weighted by Gasteiger charge is -2.21. The fourth-order valence-electron chi connectivity index (χ4n) is 4.15. The number of hydrogen-bond donors (Lipinski definition) is 3. The normalized spacial score (nSPS) is 14.2. The van der Waals surface area contributed by atoms with Crippen molar-refractivity contribution in [3.63, 3.8) is 0 Å². The monoisotopic (exact) mass is 452 g/mol. The summed E-state index contributed by atoms with van der Waals surface area (Å²) in [5.41, 5.74) is 4.60. The van der Waals surface area contributed by atoms with Crippen LogP contribution in [0.3, 0.4) is 0 Å². The number of nitrogens with one attached hydrogen (secondary N) is 2. The van der Waals surface area contributed by atoms with E-state index in [0.717, 1.165) is 22.3 Å². The number of ether oxygens (including phenoxy) is 1. The van der Waals surface area contributed by atoms with E-state index in [1.165, 1.54) is 0 Å². The van der Waals surface area contributed by atoms with Crippen LogP contribution in [0.25, 0.3) is 11.1 Å². The molecule has 2 unspecified atom stereocenters. The lowest BCUT2D eigenvalue weighted by Crippen LogP contribution is -2.40. The van der Waals surface area contributed by atoms with Crippen molar-refractivity contribution in [2.24, 2.45) is 17.8 Å². The first kappa shape index (κ1) is 24.3. The van der Waals surface area contributed by atoms with E-state index >= 15 is 0 Å². The predicted molar refractivity (Wildman–Crippen MR) is 126 cm³/mol. The maximum atomic E-state index is 12.4. The number of fused-ring (bicyclic) bond motifs is 3. The van der Waals surface area contributed by atoms with Gasteiger partial charge < -0.3 is 20.5 Å². The van der Waals surface area contributed by atoms with Gasteiger partial charge in [0.05, 0.1) is 12.3 Å². The molecule has 0 spiro atoms. The third kappa shape index (κ3) is 6.12. The van der Waals surface area contributed by atoms with Gasteiger partial charge in [-0.1, -0.05) is 69.3 Å². The van der Waals surface area contributed by atoms with Gasteiger partial charge in [0.25, 0.3) is 0 Å². The molecule has 7 heteroatoms. The summed E-state index contributed by atoms with van der Waals surface area (Å²) < 4.78 is 5.50. The van der Waals surface area contributed by atoms with Gasteiger partial charge >= 0.3 is 12.1 Å². The van der Waals surface area contributed by atoms with E-state index in [0.29, 0.717) is 0 Å². The molecule has 2 aromatic carbocycles. The average molecular weight is 453 g/mol. The zero-order valence-electron chi connectivity index (χ0n) is 19.3. The Hall–Kier alpha value is -3.35. The van der Waals surface area contributed by atoms with Crippen LogP contribution < -0.4 is 10.6 Å². The molecule has 0 saturated heterocycles. The van der Waals surface area contributed by atoms with Gasteiger partial charge in [-0.25, -0.2) is 4.79 Å². The van der Waals surface area contributed by atoms with Crippen molar-refractivity contribution in [1.29, 1.82) is 0 Å². The van der Waals surface area contributed by atoms with Crippen molar-refractivity contribution in [2.75, 3.05) is 19.7 Å². The number of carboxylic acids is 1. The zero-order chi connectivity index (χ0) is 24.0. The number of carbonyl (C=O) groups excluding carboxylic acids is 2. The molecule has 1 aliphatic carbocycles. The molecule has 2 amide bonds. The molecule has 0 radical (unpaired) electrons.